The Morgan fingerprint density at radius 1 is 1.28 bits per heavy atom. The molecule has 3 rings (SSSR count). The van der Waals surface area contributed by atoms with Gasteiger partial charge in [0.2, 0.25) is 0 Å². The molecule has 0 radical (unpaired) electrons. The molecule has 0 spiro atoms. The third-order valence-electron chi connectivity index (χ3n) is 2.83. The van der Waals surface area contributed by atoms with E-state index >= 15 is 0 Å². The van der Waals surface area contributed by atoms with Crippen LogP contribution in [-0.4, -0.2) is 10.1 Å². The normalized spacial score (nSPS) is 13.1. The lowest BCUT2D eigenvalue weighted by Crippen LogP contribution is -1.96. The molecule has 4 heteroatoms. The molecule has 0 fully saturated rings. The minimum Gasteiger partial charge on any atom is -0.458 e. The summed E-state index contributed by atoms with van der Waals surface area (Å²) in [6.45, 7) is 3.95. The average molecular weight is 259 g/mol. The van der Waals surface area contributed by atoms with E-state index in [9.17, 15) is 5.11 Å². The molecule has 0 bridgehead atoms. The second-order valence-corrected chi connectivity index (χ2v) is 5.31. The van der Waals surface area contributed by atoms with Crippen molar-refractivity contribution in [2.24, 2.45) is 0 Å². The number of fused-ring (bicyclic) bond motifs is 1. The molecule has 3 aromatic rings. The lowest BCUT2D eigenvalue weighted by atomic mass is 10.2. The molecule has 1 unspecified atom stereocenters. The van der Waals surface area contributed by atoms with E-state index in [1.54, 1.807) is 0 Å². The Bertz CT molecular complexity index is 699. The van der Waals surface area contributed by atoms with Crippen molar-refractivity contribution in [3.05, 3.63) is 51.7 Å². The summed E-state index contributed by atoms with van der Waals surface area (Å²) < 4.78 is 5.67. The number of aliphatic hydroxyl groups is 1. The summed E-state index contributed by atoms with van der Waals surface area (Å²) in [6, 6.07) is 7.84. The van der Waals surface area contributed by atoms with Gasteiger partial charge in [-0.05, 0) is 32.0 Å². The third kappa shape index (κ3) is 1.94. The first-order valence-electron chi connectivity index (χ1n) is 5.73. The van der Waals surface area contributed by atoms with Gasteiger partial charge < -0.3 is 9.52 Å². The summed E-state index contributed by atoms with van der Waals surface area (Å²) in [5.41, 5.74) is 2.89. The van der Waals surface area contributed by atoms with Gasteiger partial charge in [0.25, 0.3) is 0 Å². The zero-order valence-electron chi connectivity index (χ0n) is 10.2. The van der Waals surface area contributed by atoms with E-state index in [0.717, 1.165) is 16.7 Å². The molecule has 18 heavy (non-hydrogen) atoms. The Hall–Kier alpha value is -1.65. The van der Waals surface area contributed by atoms with Gasteiger partial charge in [0.1, 0.15) is 16.4 Å². The fourth-order valence-electron chi connectivity index (χ4n) is 1.94. The number of aryl methyl sites for hydroxylation is 2. The molecular weight excluding hydrogens is 246 g/mol. The van der Waals surface area contributed by atoms with Crippen LogP contribution in [0.15, 0.2) is 34.1 Å². The van der Waals surface area contributed by atoms with E-state index in [1.165, 1.54) is 16.9 Å². The van der Waals surface area contributed by atoms with Gasteiger partial charge in [-0.15, -0.1) is 11.3 Å². The van der Waals surface area contributed by atoms with E-state index in [0.29, 0.717) is 10.8 Å². The fourth-order valence-corrected chi connectivity index (χ4v) is 2.72. The zero-order valence-corrected chi connectivity index (χ0v) is 11.0. The maximum atomic E-state index is 10.2. The van der Waals surface area contributed by atoms with Crippen molar-refractivity contribution in [1.82, 2.24) is 4.98 Å². The van der Waals surface area contributed by atoms with Crippen LogP contribution < -0.4 is 0 Å². The van der Waals surface area contributed by atoms with Crippen molar-refractivity contribution >= 4 is 22.3 Å². The summed E-state index contributed by atoms with van der Waals surface area (Å²) in [6.07, 6.45) is -0.781. The Balaban J connectivity index is 2.03. The highest BCUT2D eigenvalue weighted by Gasteiger charge is 2.18. The lowest BCUT2D eigenvalue weighted by Gasteiger charge is -2.02. The number of aromatic nitrogens is 1. The van der Waals surface area contributed by atoms with Crippen LogP contribution in [0.5, 0.6) is 0 Å². The van der Waals surface area contributed by atoms with Crippen molar-refractivity contribution in [3.8, 4) is 0 Å². The molecule has 0 saturated carbocycles. The predicted molar refractivity (Wildman–Crippen MR) is 71.9 cm³/mol. The SMILES string of the molecule is Cc1ccc2oc(C(O)c3nc(C)cs3)cc2c1. The van der Waals surface area contributed by atoms with Crippen LogP contribution >= 0.6 is 11.3 Å². The smallest absolute Gasteiger partial charge is 0.163 e. The number of benzene rings is 1. The molecule has 92 valence electrons. The first kappa shape index (κ1) is 11.4. The molecule has 0 saturated heterocycles. The van der Waals surface area contributed by atoms with Crippen molar-refractivity contribution in [3.63, 3.8) is 0 Å². The van der Waals surface area contributed by atoms with Crippen LogP contribution in [0.2, 0.25) is 0 Å². The second kappa shape index (κ2) is 4.23. The molecule has 0 aliphatic heterocycles. The molecule has 2 aromatic heterocycles. The van der Waals surface area contributed by atoms with Crippen LogP contribution in [0.25, 0.3) is 11.0 Å². The number of aliphatic hydroxyl groups excluding tert-OH is 1. The minimum absolute atomic E-state index is 0.546. The number of hydrogen-bond acceptors (Lipinski definition) is 4. The van der Waals surface area contributed by atoms with Gasteiger partial charge in [-0.2, -0.15) is 0 Å². The van der Waals surface area contributed by atoms with Crippen LogP contribution in [-0.2, 0) is 0 Å². The van der Waals surface area contributed by atoms with Crippen molar-refractivity contribution in [2.45, 2.75) is 20.0 Å². The first-order valence-corrected chi connectivity index (χ1v) is 6.61. The van der Waals surface area contributed by atoms with Gasteiger partial charge in [-0.3, -0.25) is 0 Å². The van der Waals surface area contributed by atoms with Gasteiger partial charge in [-0.25, -0.2) is 4.98 Å². The number of rotatable bonds is 2. The molecule has 1 atom stereocenters. The van der Waals surface area contributed by atoms with Gasteiger partial charge >= 0.3 is 0 Å². The van der Waals surface area contributed by atoms with E-state index in [4.69, 9.17) is 4.42 Å². The van der Waals surface area contributed by atoms with Crippen molar-refractivity contribution in [1.29, 1.82) is 0 Å². The number of thiazole rings is 1. The quantitative estimate of drug-likeness (QED) is 0.765. The molecule has 3 nitrogen and oxygen atoms in total. The third-order valence-corrected chi connectivity index (χ3v) is 3.85. The Morgan fingerprint density at radius 2 is 2.11 bits per heavy atom. The molecule has 0 amide bonds. The van der Waals surface area contributed by atoms with E-state index in [1.807, 2.05) is 43.5 Å². The number of furan rings is 1. The molecule has 1 N–H and O–H groups in total. The maximum absolute atomic E-state index is 10.2. The number of hydrogen-bond donors (Lipinski definition) is 1. The monoisotopic (exact) mass is 259 g/mol. The second-order valence-electron chi connectivity index (χ2n) is 4.42. The highest BCUT2D eigenvalue weighted by Crippen LogP contribution is 2.30. The Morgan fingerprint density at radius 3 is 2.83 bits per heavy atom. The van der Waals surface area contributed by atoms with Crippen LogP contribution in [0.3, 0.4) is 0 Å². The highest BCUT2D eigenvalue weighted by molar-refractivity contribution is 7.09. The molecule has 2 heterocycles. The maximum Gasteiger partial charge on any atom is 0.163 e. The van der Waals surface area contributed by atoms with Gasteiger partial charge in [0.05, 0.1) is 0 Å². The summed E-state index contributed by atoms with van der Waals surface area (Å²) >= 11 is 1.44. The first-order chi connectivity index (χ1) is 8.63. The Kier molecular flexibility index (Phi) is 2.69. The predicted octanol–water partition coefficient (Wildman–Crippen LogP) is 3.59. The molecule has 0 aliphatic rings. The molecule has 1 aromatic carbocycles. The Labute approximate surface area is 109 Å². The zero-order chi connectivity index (χ0) is 12.7. The summed E-state index contributed by atoms with van der Waals surface area (Å²) in [5.74, 6) is 0.546. The topological polar surface area (TPSA) is 46.3 Å². The number of nitrogens with zero attached hydrogens (tertiary/aromatic N) is 1. The average Bonchev–Trinajstić information content (AvgIpc) is 2.93. The minimum atomic E-state index is -0.781. The van der Waals surface area contributed by atoms with Crippen molar-refractivity contribution in [2.75, 3.05) is 0 Å². The van der Waals surface area contributed by atoms with Crippen LogP contribution in [0.4, 0.5) is 0 Å². The molecular formula is C14H13NO2S. The van der Waals surface area contributed by atoms with Crippen LogP contribution in [0, 0.1) is 13.8 Å². The van der Waals surface area contributed by atoms with E-state index in [2.05, 4.69) is 4.98 Å². The van der Waals surface area contributed by atoms with Gasteiger partial charge in [0, 0.05) is 16.5 Å². The summed E-state index contributed by atoms with van der Waals surface area (Å²) in [7, 11) is 0. The highest BCUT2D eigenvalue weighted by atomic mass is 32.1. The molecule has 0 aliphatic carbocycles. The van der Waals surface area contributed by atoms with Gasteiger partial charge in [-0.1, -0.05) is 11.6 Å². The fraction of sp³-hybridized carbons (Fsp3) is 0.214. The summed E-state index contributed by atoms with van der Waals surface area (Å²) in [4.78, 5) is 4.28. The largest absolute Gasteiger partial charge is 0.458 e. The summed E-state index contributed by atoms with van der Waals surface area (Å²) in [5, 5.41) is 13.8. The lowest BCUT2D eigenvalue weighted by molar-refractivity contribution is 0.191. The standard InChI is InChI=1S/C14H13NO2S/c1-8-3-4-11-10(5-8)6-12(17-11)13(16)14-15-9(2)7-18-14/h3-7,13,16H,1-2H3. The van der Waals surface area contributed by atoms with E-state index < -0.39 is 6.10 Å². The van der Waals surface area contributed by atoms with Crippen LogP contribution in [0.1, 0.15) is 28.1 Å². The van der Waals surface area contributed by atoms with Gasteiger partial charge in [0.15, 0.2) is 6.10 Å². The van der Waals surface area contributed by atoms with E-state index in [-0.39, 0.29) is 0 Å². The van der Waals surface area contributed by atoms with Crippen molar-refractivity contribution < 1.29 is 9.52 Å².